The van der Waals surface area contributed by atoms with Crippen LogP contribution in [-0.2, 0) is 22.4 Å². The standard InChI is InChI=1S/C17H29N3O2S/c1-3-15-5-6-16(23-15)13-20-17(18-2)19-9-4-10-22-14-7-11-21-12-8-14/h5-6,14H,3-4,7-13H2,1-2H3,(H2,18,19,20). The average Bonchev–Trinajstić information content (AvgIpc) is 3.06. The van der Waals surface area contributed by atoms with E-state index in [0.717, 1.165) is 64.6 Å². The highest BCUT2D eigenvalue weighted by Gasteiger charge is 2.13. The third-order valence-corrected chi connectivity index (χ3v) is 5.08. The Hall–Kier alpha value is -1.11. The quantitative estimate of drug-likeness (QED) is 0.434. The molecule has 0 aliphatic carbocycles. The molecule has 0 aromatic carbocycles. The highest BCUT2D eigenvalue weighted by atomic mass is 32.1. The second kappa shape index (κ2) is 10.6. The van der Waals surface area contributed by atoms with Crippen molar-refractivity contribution >= 4 is 17.3 Å². The third-order valence-electron chi connectivity index (χ3n) is 3.85. The van der Waals surface area contributed by atoms with Gasteiger partial charge in [0.15, 0.2) is 5.96 Å². The van der Waals surface area contributed by atoms with Crippen LogP contribution in [0.4, 0.5) is 0 Å². The van der Waals surface area contributed by atoms with Gasteiger partial charge < -0.3 is 20.1 Å². The molecule has 23 heavy (non-hydrogen) atoms. The molecule has 6 heteroatoms. The van der Waals surface area contributed by atoms with Crippen molar-refractivity contribution < 1.29 is 9.47 Å². The van der Waals surface area contributed by atoms with Crippen LogP contribution < -0.4 is 10.6 Å². The minimum Gasteiger partial charge on any atom is -0.381 e. The third kappa shape index (κ3) is 6.89. The zero-order valence-electron chi connectivity index (χ0n) is 14.3. The summed E-state index contributed by atoms with van der Waals surface area (Å²) in [5, 5.41) is 6.69. The van der Waals surface area contributed by atoms with Gasteiger partial charge in [-0.15, -0.1) is 11.3 Å². The van der Waals surface area contributed by atoms with Gasteiger partial charge in [0.25, 0.3) is 0 Å². The Bertz CT molecular complexity index is 470. The molecule has 0 unspecified atom stereocenters. The van der Waals surface area contributed by atoms with Gasteiger partial charge >= 0.3 is 0 Å². The fraction of sp³-hybridized carbons (Fsp3) is 0.706. The first-order valence-corrected chi connectivity index (χ1v) is 9.35. The van der Waals surface area contributed by atoms with E-state index >= 15 is 0 Å². The van der Waals surface area contributed by atoms with Gasteiger partial charge in [-0.05, 0) is 37.8 Å². The molecule has 1 aliphatic heterocycles. The maximum absolute atomic E-state index is 5.86. The maximum Gasteiger partial charge on any atom is 0.191 e. The molecule has 5 nitrogen and oxygen atoms in total. The SMILES string of the molecule is CCc1ccc(CNC(=NC)NCCCOC2CCOCC2)s1. The number of ether oxygens (including phenoxy) is 2. The molecular formula is C17H29N3O2S. The maximum atomic E-state index is 5.86. The van der Waals surface area contributed by atoms with Gasteiger partial charge in [0.2, 0.25) is 0 Å². The highest BCUT2D eigenvalue weighted by Crippen LogP contribution is 2.16. The predicted molar refractivity (Wildman–Crippen MR) is 96.3 cm³/mol. The molecule has 1 saturated heterocycles. The van der Waals surface area contributed by atoms with Crippen molar-refractivity contribution in [3.63, 3.8) is 0 Å². The number of rotatable bonds is 8. The van der Waals surface area contributed by atoms with Crippen molar-refractivity contribution in [2.75, 3.05) is 33.4 Å². The fourth-order valence-corrected chi connectivity index (χ4v) is 3.37. The number of thiophene rings is 1. The molecule has 130 valence electrons. The second-order valence-corrected chi connectivity index (χ2v) is 6.86. The summed E-state index contributed by atoms with van der Waals surface area (Å²) < 4.78 is 11.2. The molecule has 0 spiro atoms. The van der Waals surface area contributed by atoms with Crippen molar-refractivity contribution in [2.45, 2.75) is 45.3 Å². The van der Waals surface area contributed by atoms with E-state index in [0.29, 0.717) is 6.10 Å². The Balaban J connectivity index is 1.55. The van der Waals surface area contributed by atoms with Crippen LogP contribution in [-0.4, -0.2) is 45.5 Å². The molecule has 0 bridgehead atoms. The molecule has 1 aromatic rings. The molecule has 2 N–H and O–H groups in total. The van der Waals surface area contributed by atoms with Gasteiger partial charge in [-0.25, -0.2) is 0 Å². The van der Waals surface area contributed by atoms with E-state index in [1.165, 1.54) is 9.75 Å². The van der Waals surface area contributed by atoms with Crippen LogP contribution in [0.15, 0.2) is 17.1 Å². The molecule has 2 heterocycles. The van der Waals surface area contributed by atoms with E-state index in [1.807, 2.05) is 11.3 Å². The number of aryl methyl sites for hydroxylation is 1. The minimum absolute atomic E-state index is 0.382. The van der Waals surface area contributed by atoms with E-state index in [9.17, 15) is 0 Å². The zero-order valence-corrected chi connectivity index (χ0v) is 15.1. The van der Waals surface area contributed by atoms with Crippen LogP contribution in [0.2, 0.25) is 0 Å². The van der Waals surface area contributed by atoms with Crippen LogP contribution in [0.25, 0.3) is 0 Å². The lowest BCUT2D eigenvalue weighted by molar-refractivity contribution is -0.0320. The molecule has 1 aliphatic rings. The number of hydrogen-bond acceptors (Lipinski definition) is 4. The lowest BCUT2D eigenvalue weighted by Crippen LogP contribution is -2.37. The van der Waals surface area contributed by atoms with Crippen LogP contribution in [0.1, 0.15) is 35.9 Å². The van der Waals surface area contributed by atoms with Gasteiger partial charge in [0.1, 0.15) is 0 Å². The molecule has 0 saturated carbocycles. The van der Waals surface area contributed by atoms with Crippen molar-refractivity contribution in [3.8, 4) is 0 Å². The topological polar surface area (TPSA) is 54.9 Å². The Morgan fingerprint density at radius 2 is 2.09 bits per heavy atom. The van der Waals surface area contributed by atoms with E-state index in [2.05, 4.69) is 34.7 Å². The Morgan fingerprint density at radius 1 is 1.30 bits per heavy atom. The molecule has 1 aromatic heterocycles. The number of nitrogens with one attached hydrogen (secondary N) is 2. The first kappa shape index (κ1) is 18.2. The second-order valence-electron chi connectivity index (χ2n) is 5.61. The summed E-state index contributed by atoms with van der Waals surface area (Å²) in [6.07, 6.45) is 4.52. The van der Waals surface area contributed by atoms with Crippen LogP contribution >= 0.6 is 11.3 Å². The predicted octanol–water partition coefficient (Wildman–Crippen LogP) is 2.56. The zero-order chi connectivity index (χ0) is 16.3. The normalized spacial score (nSPS) is 16.5. The van der Waals surface area contributed by atoms with Crippen molar-refractivity contribution in [3.05, 3.63) is 21.9 Å². The molecular weight excluding hydrogens is 310 g/mol. The average molecular weight is 340 g/mol. The lowest BCUT2D eigenvalue weighted by Gasteiger charge is -2.22. The molecule has 2 rings (SSSR count). The Morgan fingerprint density at radius 3 is 2.78 bits per heavy atom. The Kier molecular flexibility index (Phi) is 8.42. The summed E-state index contributed by atoms with van der Waals surface area (Å²) in [7, 11) is 1.81. The molecule has 1 fully saturated rings. The highest BCUT2D eigenvalue weighted by molar-refractivity contribution is 7.11. The summed E-state index contributed by atoms with van der Waals surface area (Å²) in [6.45, 7) is 6.34. The van der Waals surface area contributed by atoms with E-state index < -0.39 is 0 Å². The molecule has 0 amide bonds. The number of nitrogens with zero attached hydrogens (tertiary/aromatic N) is 1. The smallest absolute Gasteiger partial charge is 0.191 e. The number of aliphatic imine (C=N–C) groups is 1. The van der Waals surface area contributed by atoms with Gasteiger partial charge in [0.05, 0.1) is 12.6 Å². The van der Waals surface area contributed by atoms with Gasteiger partial charge in [0, 0.05) is 43.2 Å². The van der Waals surface area contributed by atoms with E-state index in [-0.39, 0.29) is 0 Å². The van der Waals surface area contributed by atoms with Gasteiger partial charge in [-0.1, -0.05) is 6.92 Å². The summed E-state index contributed by atoms with van der Waals surface area (Å²) >= 11 is 1.86. The van der Waals surface area contributed by atoms with Gasteiger partial charge in [-0.3, -0.25) is 4.99 Å². The van der Waals surface area contributed by atoms with Crippen molar-refractivity contribution in [1.29, 1.82) is 0 Å². The number of hydrogen-bond donors (Lipinski definition) is 2. The largest absolute Gasteiger partial charge is 0.381 e. The fourth-order valence-electron chi connectivity index (χ4n) is 2.47. The van der Waals surface area contributed by atoms with Gasteiger partial charge in [-0.2, -0.15) is 0 Å². The lowest BCUT2D eigenvalue weighted by atomic mass is 10.1. The summed E-state index contributed by atoms with van der Waals surface area (Å²) in [4.78, 5) is 7.03. The van der Waals surface area contributed by atoms with E-state index in [4.69, 9.17) is 9.47 Å². The first-order valence-electron chi connectivity index (χ1n) is 8.53. The van der Waals surface area contributed by atoms with Crippen LogP contribution in [0.5, 0.6) is 0 Å². The van der Waals surface area contributed by atoms with E-state index in [1.54, 1.807) is 7.05 Å². The Labute approximate surface area is 143 Å². The number of guanidine groups is 1. The summed E-state index contributed by atoms with van der Waals surface area (Å²) in [6, 6.07) is 4.39. The van der Waals surface area contributed by atoms with Crippen molar-refractivity contribution in [2.24, 2.45) is 4.99 Å². The van der Waals surface area contributed by atoms with Crippen molar-refractivity contribution in [1.82, 2.24) is 10.6 Å². The molecule has 0 radical (unpaired) electrons. The monoisotopic (exact) mass is 339 g/mol. The first-order chi connectivity index (χ1) is 11.3. The summed E-state index contributed by atoms with van der Waals surface area (Å²) in [5.41, 5.74) is 0. The summed E-state index contributed by atoms with van der Waals surface area (Å²) in [5.74, 6) is 0.850. The van der Waals surface area contributed by atoms with Crippen LogP contribution in [0.3, 0.4) is 0 Å². The minimum atomic E-state index is 0.382. The van der Waals surface area contributed by atoms with Crippen LogP contribution in [0, 0.1) is 0 Å². The molecule has 0 atom stereocenters.